The number of rotatable bonds is 5. The minimum atomic E-state index is -0.269. The van der Waals surface area contributed by atoms with Crippen LogP contribution in [0.5, 0.6) is 0 Å². The fourth-order valence-electron chi connectivity index (χ4n) is 2.36. The lowest BCUT2D eigenvalue weighted by Crippen LogP contribution is -2.41. The quantitative estimate of drug-likeness (QED) is 0.846. The zero-order valence-corrected chi connectivity index (χ0v) is 12.6. The third kappa shape index (κ3) is 4.74. The van der Waals surface area contributed by atoms with Crippen LogP contribution < -0.4 is 5.73 Å². The third-order valence-corrected chi connectivity index (χ3v) is 4.66. The summed E-state index contributed by atoms with van der Waals surface area (Å²) >= 11 is 1.54. The number of hydrogen-bond donors (Lipinski definition) is 1. The predicted molar refractivity (Wildman–Crippen MR) is 80.2 cm³/mol. The van der Waals surface area contributed by atoms with Gasteiger partial charge in [0.15, 0.2) is 0 Å². The molecule has 0 unspecified atom stereocenters. The van der Waals surface area contributed by atoms with Gasteiger partial charge >= 0.3 is 0 Å². The normalized spacial score (nSPS) is 16.0. The first-order valence-electron chi connectivity index (χ1n) is 7.01. The number of hydrogen-bond acceptors (Lipinski definition) is 3. The molecule has 0 spiro atoms. The second-order valence-corrected chi connectivity index (χ2v) is 6.28. The van der Waals surface area contributed by atoms with Gasteiger partial charge in [0, 0.05) is 36.1 Å². The van der Waals surface area contributed by atoms with E-state index >= 15 is 0 Å². The van der Waals surface area contributed by atoms with Crippen molar-refractivity contribution in [1.82, 2.24) is 4.90 Å². The van der Waals surface area contributed by atoms with Gasteiger partial charge in [-0.25, -0.2) is 4.39 Å². The van der Waals surface area contributed by atoms with Crippen LogP contribution in [0.3, 0.4) is 0 Å². The van der Waals surface area contributed by atoms with Crippen LogP contribution in [-0.4, -0.2) is 35.6 Å². The van der Waals surface area contributed by atoms with Crippen LogP contribution in [-0.2, 0) is 9.59 Å². The lowest BCUT2D eigenvalue weighted by molar-refractivity contribution is -0.134. The molecule has 0 radical (unpaired) electrons. The van der Waals surface area contributed by atoms with Crippen molar-refractivity contribution in [3.63, 3.8) is 0 Å². The van der Waals surface area contributed by atoms with Crippen LogP contribution in [0.1, 0.15) is 19.3 Å². The molecule has 0 aliphatic carbocycles. The Labute approximate surface area is 127 Å². The molecular formula is C15H19FN2O2S. The van der Waals surface area contributed by atoms with E-state index in [1.807, 2.05) is 0 Å². The molecule has 0 aromatic heterocycles. The summed E-state index contributed by atoms with van der Waals surface area (Å²) in [5.41, 5.74) is 5.27. The van der Waals surface area contributed by atoms with Crippen molar-refractivity contribution in [1.29, 1.82) is 0 Å². The van der Waals surface area contributed by atoms with Crippen molar-refractivity contribution < 1.29 is 14.0 Å². The van der Waals surface area contributed by atoms with Gasteiger partial charge in [-0.3, -0.25) is 9.59 Å². The molecule has 2 amide bonds. The molecule has 114 valence electrons. The molecule has 1 aliphatic rings. The molecule has 0 bridgehead atoms. The lowest BCUT2D eigenvalue weighted by atomic mass is 9.96. The van der Waals surface area contributed by atoms with Crippen molar-refractivity contribution in [2.24, 2.45) is 11.7 Å². The monoisotopic (exact) mass is 310 g/mol. The summed E-state index contributed by atoms with van der Waals surface area (Å²) in [5, 5.41) is 0. The number of halogens is 1. The lowest BCUT2D eigenvalue weighted by Gasteiger charge is -2.30. The van der Waals surface area contributed by atoms with E-state index in [4.69, 9.17) is 5.73 Å². The molecule has 2 rings (SSSR count). The molecule has 6 heteroatoms. The van der Waals surface area contributed by atoms with Crippen LogP contribution in [0.4, 0.5) is 4.39 Å². The summed E-state index contributed by atoms with van der Waals surface area (Å²) < 4.78 is 12.8. The second-order valence-electron chi connectivity index (χ2n) is 5.11. The number of amides is 2. The van der Waals surface area contributed by atoms with Crippen molar-refractivity contribution in [2.45, 2.75) is 24.2 Å². The third-order valence-electron chi connectivity index (χ3n) is 3.65. The molecule has 0 atom stereocenters. The van der Waals surface area contributed by atoms with Gasteiger partial charge in [-0.15, -0.1) is 11.8 Å². The molecule has 1 fully saturated rings. The Morgan fingerprint density at radius 3 is 2.43 bits per heavy atom. The molecule has 1 saturated heterocycles. The van der Waals surface area contributed by atoms with E-state index in [1.54, 1.807) is 17.0 Å². The maximum Gasteiger partial charge on any atom is 0.223 e. The molecule has 2 N–H and O–H groups in total. The van der Waals surface area contributed by atoms with Gasteiger partial charge in [-0.2, -0.15) is 0 Å². The SMILES string of the molecule is NC(=O)C1CCN(C(=O)CCSc2ccc(F)cc2)CC1. The van der Waals surface area contributed by atoms with E-state index in [-0.39, 0.29) is 23.5 Å². The number of thioether (sulfide) groups is 1. The summed E-state index contributed by atoms with van der Waals surface area (Å²) in [6, 6.07) is 6.25. The smallest absolute Gasteiger partial charge is 0.223 e. The average molecular weight is 310 g/mol. The zero-order valence-electron chi connectivity index (χ0n) is 11.8. The van der Waals surface area contributed by atoms with E-state index < -0.39 is 0 Å². The minimum Gasteiger partial charge on any atom is -0.369 e. The van der Waals surface area contributed by atoms with E-state index in [1.165, 1.54) is 23.9 Å². The highest BCUT2D eigenvalue weighted by molar-refractivity contribution is 7.99. The van der Waals surface area contributed by atoms with Crippen LogP contribution in [0.25, 0.3) is 0 Å². The Morgan fingerprint density at radius 1 is 1.24 bits per heavy atom. The molecule has 1 aliphatic heterocycles. The zero-order chi connectivity index (χ0) is 15.2. The highest BCUT2D eigenvalue weighted by atomic mass is 32.2. The van der Waals surface area contributed by atoms with Crippen molar-refractivity contribution in [2.75, 3.05) is 18.8 Å². The predicted octanol–water partition coefficient (Wildman–Crippen LogP) is 2.03. The average Bonchev–Trinajstić information content (AvgIpc) is 2.49. The molecule has 1 aromatic carbocycles. The number of nitrogens with two attached hydrogens (primary N) is 1. The Bertz CT molecular complexity index is 499. The van der Waals surface area contributed by atoms with Gasteiger partial charge in [0.05, 0.1) is 0 Å². The van der Waals surface area contributed by atoms with Gasteiger partial charge in [-0.1, -0.05) is 0 Å². The van der Waals surface area contributed by atoms with Gasteiger partial charge < -0.3 is 10.6 Å². The number of benzene rings is 1. The first kappa shape index (κ1) is 15.8. The highest BCUT2D eigenvalue weighted by Crippen LogP contribution is 2.21. The molecule has 21 heavy (non-hydrogen) atoms. The van der Waals surface area contributed by atoms with Crippen molar-refractivity contribution in [3.8, 4) is 0 Å². The Hall–Kier alpha value is -1.56. The summed E-state index contributed by atoms with van der Waals surface area (Å²) in [6.07, 6.45) is 1.77. The van der Waals surface area contributed by atoms with Crippen LogP contribution in [0.2, 0.25) is 0 Å². The van der Waals surface area contributed by atoms with Crippen molar-refractivity contribution >= 4 is 23.6 Å². The largest absolute Gasteiger partial charge is 0.369 e. The van der Waals surface area contributed by atoms with Crippen LogP contribution in [0, 0.1) is 11.7 Å². The fourth-order valence-corrected chi connectivity index (χ4v) is 3.20. The second kappa shape index (κ2) is 7.45. The summed E-state index contributed by atoms with van der Waals surface area (Å²) in [7, 11) is 0. The number of piperidine rings is 1. The van der Waals surface area contributed by atoms with E-state index in [2.05, 4.69) is 0 Å². The Kier molecular flexibility index (Phi) is 5.61. The first-order valence-corrected chi connectivity index (χ1v) is 8.00. The maximum atomic E-state index is 12.8. The van der Waals surface area contributed by atoms with Gasteiger partial charge in [-0.05, 0) is 37.1 Å². The minimum absolute atomic E-state index is 0.0948. The van der Waals surface area contributed by atoms with E-state index in [0.29, 0.717) is 38.1 Å². The fraction of sp³-hybridized carbons (Fsp3) is 0.467. The number of nitrogens with zero attached hydrogens (tertiary/aromatic N) is 1. The number of carbonyl (C=O) groups excluding carboxylic acids is 2. The molecule has 1 heterocycles. The summed E-state index contributed by atoms with van der Waals surface area (Å²) in [4.78, 5) is 25.9. The number of primary amides is 1. The molecular weight excluding hydrogens is 291 g/mol. The van der Waals surface area contributed by atoms with Crippen molar-refractivity contribution in [3.05, 3.63) is 30.1 Å². The van der Waals surface area contributed by atoms with Gasteiger partial charge in [0.25, 0.3) is 0 Å². The van der Waals surface area contributed by atoms with Crippen LogP contribution >= 0.6 is 11.8 Å². The summed E-state index contributed by atoms with van der Waals surface area (Å²) in [5.74, 6) is 0.150. The van der Waals surface area contributed by atoms with Gasteiger partial charge in [0.1, 0.15) is 5.82 Å². The molecule has 4 nitrogen and oxygen atoms in total. The van der Waals surface area contributed by atoms with Gasteiger partial charge in [0.2, 0.25) is 11.8 Å². The van der Waals surface area contributed by atoms with E-state index in [9.17, 15) is 14.0 Å². The topological polar surface area (TPSA) is 63.4 Å². The highest BCUT2D eigenvalue weighted by Gasteiger charge is 2.25. The maximum absolute atomic E-state index is 12.8. The standard InChI is InChI=1S/C15H19FN2O2S/c16-12-1-3-13(4-2-12)21-10-7-14(19)18-8-5-11(6-9-18)15(17)20/h1-4,11H,5-10H2,(H2,17,20). The van der Waals surface area contributed by atoms with E-state index in [0.717, 1.165) is 4.90 Å². The molecule has 1 aromatic rings. The van der Waals surface area contributed by atoms with Crippen LogP contribution in [0.15, 0.2) is 29.2 Å². The Morgan fingerprint density at radius 2 is 1.86 bits per heavy atom. The number of carbonyl (C=O) groups is 2. The number of likely N-dealkylation sites (tertiary alicyclic amines) is 1. The first-order chi connectivity index (χ1) is 10.1. The summed E-state index contributed by atoms with van der Waals surface area (Å²) in [6.45, 7) is 1.21. The molecule has 0 saturated carbocycles. The Balaban J connectivity index is 1.70.